The summed E-state index contributed by atoms with van der Waals surface area (Å²) in [7, 11) is 1.97. The first kappa shape index (κ1) is 11.5. The summed E-state index contributed by atoms with van der Waals surface area (Å²) in [6.07, 6.45) is 5.26. The molecule has 3 heteroatoms. The molecule has 0 aromatic carbocycles. The highest BCUT2D eigenvalue weighted by atomic mass is 16.2. The Labute approximate surface area is 86.9 Å². The van der Waals surface area contributed by atoms with E-state index < -0.39 is 0 Å². The molecule has 0 aromatic heterocycles. The Morgan fingerprint density at radius 3 is 2.86 bits per heavy atom. The van der Waals surface area contributed by atoms with Gasteiger partial charge < -0.3 is 10.2 Å². The van der Waals surface area contributed by atoms with Crippen molar-refractivity contribution >= 4 is 5.91 Å². The number of hydrogen-bond donors (Lipinski definition) is 1. The highest BCUT2D eigenvalue weighted by Crippen LogP contribution is 2.11. The van der Waals surface area contributed by atoms with E-state index in [0.29, 0.717) is 11.9 Å². The van der Waals surface area contributed by atoms with Crippen LogP contribution in [-0.4, -0.2) is 37.0 Å². The molecule has 1 unspecified atom stereocenters. The van der Waals surface area contributed by atoms with Crippen molar-refractivity contribution in [3.63, 3.8) is 0 Å². The summed E-state index contributed by atoms with van der Waals surface area (Å²) in [6.45, 7) is 4.01. The topological polar surface area (TPSA) is 32.3 Å². The average molecular weight is 198 g/mol. The summed E-state index contributed by atoms with van der Waals surface area (Å²) in [5.41, 5.74) is 0. The molecule has 14 heavy (non-hydrogen) atoms. The lowest BCUT2D eigenvalue weighted by atomic mass is 10.2. The van der Waals surface area contributed by atoms with Gasteiger partial charge in [0.05, 0.1) is 0 Å². The molecule has 0 radical (unpaired) electrons. The molecule has 3 nitrogen and oxygen atoms in total. The zero-order valence-electron chi connectivity index (χ0n) is 9.38. The Morgan fingerprint density at radius 2 is 2.29 bits per heavy atom. The number of nitrogens with zero attached hydrogens (tertiary/aromatic N) is 1. The van der Waals surface area contributed by atoms with Crippen LogP contribution in [0.5, 0.6) is 0 Å². The number of amides is 1. The van der Waals surface area contributed by atoms with Crippen molar-refractivity contribution < 1.29 is 4.79 Å². The summed E-state index contributed by atoms with van der Waals surface area (Å²) in [4.78, 5) is 13.7. The second-order valence-electron chi connectivity index (χ2n) is 4.07. The maximum Gasteiger partial charge on any atom is 0.222 e. The van der Waals surface area contributed by atoms with Crippen LogP contribution in [0.15, 0.2) is 0 Å². The van der Waals surface area contributed by atoms with Crippen molar-refractivity contribution in [2.24, 2.45) is 0 Å². The van der Waals surface area contributed by atoms with Crippen LogP contribution in [0, 0.1) is 0 Å². The number of unbranched alkanes of at least 4 members (excludes halogenated alkanes) is 2. The molecular weight excluding hydrogens is 176 g/mol. The fourth-order valence-corrected chi connectivity index (χ4v) is 1.91. The number of likely N-dealkylation sites (tertiary alicyclic amines) is 1. The van der Waals surface area contributed by atoms with Gasteiger partial charge in [-0.15, -0.1) is 0 Å². The normalized spacial score (nSPS) is 21.6. The van der Waals surface area contributed by atoms with Crippen LogP contribution >= 0.6 is 0 Å². The van der Waals surface area contributed by atoms with Crippen LogP contribution < -0.4 is 5.32 Å². The first-order valence-electron chi connectivity index (χ1n) is 5.73. The lowest BCUT2D eigenvalue weighted by molar-refractivity contribution is -0.130. The average Bonchev–Trinajstić information content (AvgIpc) is 2.66. The van der Waals surface area contributed by atoms with Gasteiger partial charge in [0.15, 0.2) is 0 Å². The van der Waals surface area contributed by atoms with Crippen LogP contribution in [0.2, 0.25) is 0 Å². The molecule has 1 atom stereocenters. The van der Waals surface area contributed by atoms with Crippen molar-refractivity contribution in [3.05, 3.63) is 0 Å². The lowest BCUT2D eigenvalue weighted by Crippen LogP contribution is -2.33. The number of nitrogens with one attached hydrogen (secondary N) is 1. The SMILES string of the molecule is CCCCCC(=O)N1CCC(NC)C1. The molecule has 1 saturated heterocycles. The van der Waals surface area contributed by atoms with Crippen molar-refractivity contribution in [1.82, 2.24) is 10.2 Å². The van der Waals surface area contributed by atoms with E-state index in [-0.39, 0.29) is 0 Å². The Morgan fingerprint density at radius 1 is 1.50 bits per heavy atom. The molecule has 1 amide bonds. The first-order chi connectivity index (χ1) is 6.77. The van der Waals surface area contributed by atoms with Crippen molar-refractivity contribution in [2.45, 2.75) is 45.1 Å². The van der Waals surface area contributed by atoms with Crippen LogP contribution in [0.25, 0.3) is 0 Å². The molecule has 0 spiro atoms. The van der Waals surface area contributed by atoms with Crippen LogP contribution in [0.1, 0.15) is 39.0 Å². The predicted octanol–water partition coefficient (Wildman–Crippen LogP) is 1.39. The molecule has 1 rings (SSSR count). The van der Waals surface area contributed by atoms with Crippen molar-refractivity contribution in [3.8, 4) is 0 Å². The smallest absolute Gasteiger partial charge is 0.222 e. The summed E-state index contributed by atoms with van der Waals surface area (Å²) in [5, 5.41) is 3.22. The Kier molecular flexibility index (Phi) is 4.94. The standard InChI is InChI=1S/C11H22N2O/c1-3-4-5-6-11(14)13-8-7-10(9-13)12-2/h10,12H,3-9H2,1-2H3. The van der Waals surface area contributed by atoms with Gasteiger partial charge in [-0.25, -0.2) is 0 Å². The number of carbonyl (C=O) groups excluding carboxylic acids is 1. The molecule has 1 fully saturated rings. The van der Waals surface area contributed by atoms with Gasteiger partial charge in [-0.05, 0) is 19.9 Å². The fourth-order valence-electron chi connectivity index (χ4n) is 1.91. The second-order valence-corrected chi connectivity index (χ2v) is 4.07. The van der Waals surface area contributed by atoms with E-state index in [0.717, 1.165) is 32.4 Å². The highest BCUT2D eigenvalue weighted by molar-refractivity contribution is 5.76. The summed E-state index contributed by atoms with van der Waals surface area (Å²) in [5.74, 6) is 0.344. The molecule has 1 aliphatic rings. The van der Waals surface area contributed by atoms with E-state index in [1.54, 1.807) is 0 Å². The largest absolute Gasteiger partial charge is 0.341 e. The zero-order chi connectivity index (χ0) is 10.4. The minimum absolute atomic E-state index is 0.344. The van der Waals surface area contributed by atoms with Gasteiger partial charge >= 0.3 is 0 Å². The zero-order valence-corrected chi connectivity index (χ0v) is 9.38. The molecule has 0 saturated carbocycles. The molecule has 0 aliphatic carbocycles. The summed E-state index contributed by atoms with van der Waals surface area (Å²) < 4.78 is 0. The fraction of sp³-hybridized carbons (Fsp3) is 0.909. The van der Waals surface area contributed by atoms with E-state index in [1.807, 2.05) is 11.9 Å². The Bertz CT molecular complexity index is 182. The van der Waals surface area contributed by atoms with Gasteiger partial charge in [0.1, 0.15) is 0 Å². The minimum Gasteiger partial charge on any atom is -0.341 e. The van der Waals surface area contributed by atoms with Crippen LogP contribution in [-0.2, 0) is 4.79 Å². The van der Waals surface area contributed by atoms with E-state index in [4.69, 9.17) is 0 Å². The van der Waals surface area contributed by atoms with Gasteiger partial charge in [0.25, 0.3) is 0 Å². The van der Waals surface area contributed by atoms with E-state index in [9.17, 15) is 4.79 Å². The number of hydrogen-bond acceptors (Lipinski definition) is 2. The summed E-state index contributed by atoms with van der Waals surface area (Å²) in [6, 6.07) is 0.519. The van der Waals surface area contributed by atoms with E-state index in [1.165, 1.54) is 12.8 Å². The van der Waals surface area contributed by atoms with Gasteiger partial charge in [-0.2, -0.15) is 0 Å². The molecule has 0 bridgehead atoms. The van der Waals surface area contributed by atoms with E-state index >= 15 is 0 Å². The Hall–Kier alpha value is -0.570. The van der Waals surface area contributed by atoms with Crippen molar-refractivity contribution in [1.29, 1.82) is 0 Å². The van der Waals surface area contributed by atoms with Crippen molar-refractivity contribution in [2.75, 3.05) is 20.1 Å². The van der Waals surface area contributed by atoms with Gasteiger partial charge in [-0.1, -0.05) is 19.8 Å². The third-order valence-corrected chi connectivity index (χ3v) is 2.94. The predicted molar refractivity (Wildman–Crippen MR) is 58.2 cm³/mol. The molecule has 1 heterocycles. The quantitative estimate of drug-likeness (QED) is 0.677. The second kappa shape index (κ2) is 6.02. The first-order valence-corrected chi connectivity index (χ1v) is 5.73. The number of likely N-dealkylation sites (N-methyl/N-ethyl adjacent to an activating group) is 1. The molecule has 0 aromatic rings. The molecule has 1 N–H and O–H groups in total. The monoisotopic (exact) mass is 198 g/mol. The lowest BCUT2D eigenvalue weighted by Gasteiger charge is -2.16. The van der Waals surface area contributed by atoms with Gasteiger partial charge in [0, 0.05) is 25.6 Å². The van der Waals surface area contributed by atoms with E-state index in [2.05, 4.69) is 12.2 Å². The molecule has 1 aliphatic heterocycles. The highest BCUT2D eigenvalue weighted by Gasteiger charge is 2.24. The Balaban J connectivity index is 2.18. The number of rotatable bonds is 5. The van der Waals surface area contributed by atoms with Crippen LogP contribution in [0.3, 0.4) is 0 Å². The third-order valence-electron chi connectivity index (χ3n) is 2.94. The maximum absolute atomic E-state index is 11.7. The maximum atomic E-state index is 11.7. The van der Waals surface area contributed by atoms with Crippen LogP contribution in [0.4, 0.5) is 0 Å². The summed E-state index contributed by atoms with van der Waals surface area (Å²) >= 11 is 0. The minimum atomic E-state index is 0.344. The number of carbonyl (C=O) groups is 1. The molecule has 82 valence electrons. The molecular formula is C11H22N2O. The van der Waals surface area contributed by atoms with Gasteiger partial charge in [0.2, 0.25) is 5.91 Å². The third kappa shape index (κ3) is 3.29. The van der Waals surface area contributed by atoms with Gasteiger partial charge in [-0.3, -0.25) is 4.79 Å².